The van der Waals surface area contributed by atoms with E-state index in [-0.39, 0.29) is 40.7 Å². The summed E-state index contributed by atoms with van der Waals surface area (Å²) in [5.74, 6) is 1.28. The van der Waals surface area contributed by atoms with Crippen LogP contribution in [0.25, 0.3) is 0 Å². The van der Waals surface area contributed by atoms with Crippen molar-refractivity contribution in [3.05, 3.63) is 23.8 Å². The first kappa shape index (κ1) is 17.2. The van der Waals surface area contributed by atoms with Crippen LogP contribution in [-0.4, -0.2) is 17.7 Å². The van der Waals surface area contributed by atoms with Gasteiger partial charge in [-0.3, -0.25) is 9.59 Å². The minimum absolute atomic E-state index is 0.0824. The van der Waals surface area contributed by atoms with Crippen molar-refractivity contribution in [2.75, 3.05) is 0 Å². The molecule has 0 bridgehead atoms. The molecule has 0 aromatic rings. The molecule has 0 N–H and O–H groups in total. The third-order valence-electron chi connectivity index (χ3n) is 8.69. The van der Waals surface area contributed by atoms with Crippen molar-refractivity contribution in [1.82, 2.24) is 0 Å². The van der Waals surface area contributed by atoms with Gasteiger partial charge in [0.25, 0.3) is 0 Å². The predicted molar refractivity (Wildman–Crippen MR) is 95.6 cm³/mol. The maximum atomic E-state index is 14.4. The van der Waals surface area contributed by atoms with E-state index < -0.39 is 11.6 Å². The van der Waals surface area contributed by atoms with E-state index in [2.05, 4.69) is 27.4 Å². The van der Waals surface area contributed by atoms with Gasteiger partial charge >= 0.3 is 0 Å². The minimum atomic E-state index is -1.30. The summed E-state index contributed by atoms with van der Waals surface area (Å²) < 4.78 is 14.4. The number of carbonyl (C=O) groups excluding carboxylic acids is 2. The second-order valence-corrected chi connectivity index (χ2v) is 9.54. The molecule has 0 spiro atoms. The number of fused-ring (bicyclic) bond motifs is 5. The fourth-order valence-corrected chi connectivity index (χ4v) is 6.98. The molecule has 4 aliphatic carbocycles. The van der Waals surface area contributed by atoms with E-state index in [0.717, 1.165) is 24.0 Å². The highest BCUT2D eigenvalue weighted by molar-refractivity contribution is 5.93. The number of carbonyl (C=O) groups is 2. The molecular weight excluding hydrogens is 315 g/mol. The van der Waals surface area contributed by atoms with Crippen LogP contribution in [-0.2, 0) is 9.59 Å². The molecule has 0 aromatic carbocycles. The molecule has 0 radical (unpaired) electrons. The highest BCUT2D eigenvalue weighted by Gasteiger charge is 2.64. The molecule has 2 nitrogen and oxygen atoms in total. The van der Waals surface area contributed by atoms with E-state index in [0.29, 0.717) is 18.8 Å². The van der Waals surface area contributed by atoms with Gasteiger partial charge in [0.05, 0.1) is 0 Å². The van der Waals surface area contributed by atoms with Gasteiger partial charge in [-0.1, -0.05) is 34.3 Å². The van der Waals surface area contributed by atoms with E-state index in [1.807, 2.05) is 13.0 Å². The van der Waals surface area contributed by atoms with Gasteiger partial charge in [0.1, 0.15) is 0 Å². The number of rotatable bonds is 0. The van der Waals surface area contributed by atoms with Crippen LogP contribution >= 0.6 is 0 Å². The summed E-state index contributed by atoms with van der Waals surface area (Å²) in [5.41, 5.74) is 1.58. The first-order valence-corrected chi connectivity index (χ1v) is 9.75. The number of hydrogen-bond donors (Lipinski definition) is 0. The molecular formula is C22H29FO2. The predicted octanol–water partition coefficient (Wildman–Crippen LogP) is 4.69. The summed E-state index contributed by atoms with van der Waals surface area (Å²) in [4.78, 5) is 24.7. The average Bonchev–Trinajstić information content (AvgIpc) is 2.78. The van der Waals surface area contributed by atoms with Gasteiger partial charge in [0, 0.05) is 11.8 Å². The molecule has 0 aliphatic heterocycles. The van der Waals surface area contributed by atoms with Crippen molar-refractivity contribution in [1.29, 1.82) is 0 Å². The summed E-state index contributed by atoms with van der Waals surface area (Å²) in [6, 6.07) is 0. The first-order chi connectivity index (χ1) is 11.6. The van der Waals surface area contributed by atoms with Crippen molar-refractivity contribution in [2.24, 2.45) is 40.4 Å². The fourth-order valence-electron chi connectivity index (χ4n) is 6.98. The third kappa shape index (κ3) is 1.96. The average molecular weight is 344 g/mol. The van der Waals surface area contributed by atoms with Crippen molar-refractivity contribution >= 4 is 11.6 Å². The van der Waals surface area contributed by atoms with Gasteiger partial charge in [-0.15, -0.1) is 0 Å². The van der Waals surface area contributed by atoms with E-state index in [9.17, 15) is 14.0 Å². The number of allylic oxidation sites excluding steroid dienone is 2. The zero-order chi connectivity index (χ0) is 18.3. The fraction of sp³-hybridized carbons (Fsp3) is 0.727. The van der Waals surface area contributed by atoms with Crippen molar-refractivity contribution < 1.29 is 14.0 Å². The lowest BCUT2D eigenvalue weighted by molar-refractivity contribution is -0.136. The van der Waals surface area contributed by atoms with Crippen LogP contribution in [0.1, 0.15) is 53.4 Å². The molecule has 4 rings (SSSR count). The zero-order valence-corrected chi connectivity index (χ0v) is 15.8. The van der Waals surface area contributed by atoms with Crippen molar-refractivity contribution in [2.45, 2.75) is 59.5 Å². The van der Waals surface area contributed by atoms with Gasteiger partial charge in [0.2, 0.25) is 0 Å². The maximum Gasteiger partial charge on any atom is 0.173 e. The summed E-state index contributed by atoms with van der Waals surface area (Å²) in [6.07, 6.45) is 3.21. The third-order valence-corrected chi connectivity index (χ3v) is 8.69. The topological polar surface area (TPSA) is 34.1 Å². The second kappa shape index (κ2) is 5.14. The summed E-state index contributed by atoms with van der Waals surface area (Å²) in [7, 11) is 0. The van der Waals surface area contributed by atoms with Gasteiger partial charge in [-0.05, 0) is 71.5 Å². The van der Waals surface area contributed by atoms with E-state index in [1.165, 1.54) is 0 Å². The molecule has 25 heavy (non-hydrogen) atoms. The Balaban J connectivity index is 1.84. The van der Waals surface area contributed by atoms with Gasteiger partial charge in [0.15, 0.2) is 17.7 Å². The first-order valence-electron chi connectivity index (χ1n) is 9.75. The molecule has 0 amide bonds. The maximum absolute atomic E-state index is 14.4. The van der Waals surface area contributed by atoms with Crippen molar-refractivity contribution in [3.8, 4) is 0 Å². The van der Waals surface area contributed by atoms with Crippen LogP contribution in [0.15, 0.2) is 23.8 Å². The lowest BCUT2D eigenvalue weighted by Gasteiger charge is -2.61. The highest BCUT2D eigenvalue weighted by atomic mass is 19.1. The van der Waals surface area contributed by atoms with E-state index >= 15 is 0 Å². The highest BCUT2D eigenvalue weighted by Crippen LogP contribution is 2.67. The monoisotopic (exact) mass is 344 g/mol. The molecule has 4 aliphatic rings. The number of Topliss-reactive ketones (excluding diaryl/α,β-unsaturated/α-hetero) is 1. The summed E-state index contributed by atoms with van der Waals surface area (Å²) in [6.45, 7) is 13.0. The van der Waals surface area contributed by atoms with Gasteiger partial charge in [-0.2, -0.15) is 0 Å². The second-order valence-electron chi connectivity index (χ2n) is 9.54. The van der Waals surface area contributed by atoms with Crippen LogP contribution in [0.2, 0.25) is 0 Å². The molecule has 8 atom stereocenters. The Bertz CT molecular complexity index is 707. The summed E-state index contributed by atoms with van der Waals surface area (Å²) in [5, 5.41) is 0. The Labute approximate surface area is 149 Å². The molecule has 0 saturated heterocycles. The van der Waals surface area contributed by atoms with Crippen LogP contribution in [0.3, 0.4) is 0 Å². The van der Waals surface area contributed by atoms with Crippen LogP contribution in [0.5, 0.6) is 0 Å². The SMILES string of the molecule is C=C1C2=CC(=O)C[C@@H](C)[C@]2(C)[C@H]2CC[C@]3(C)C(=O)[C@@H](F)C[C@H]3[C@@H]2[C@@H]1C. The molecule has 0 heterocycles. The van der Waals surface area contributed by atoms with E-state index in [4.69, 9.17) is 0 Å². The normalized spacial score (nSPS) is 52.4. The Morgan fingerprint density at radius 1 is 1.20 bits per heavy atom. The Hall–Kier alpha value is -1.25. The van der Waals surface area contributed by atoms with Gasteiger partial charge < -0.3 is 0 Å². The van der Waals surface area contributed by atoms with Gasteiger partial charge in [-0.25, -0.2) is 4.39 Å². The Morgan fingerprint density at radius 2 is 1.88 bits per heavy atom. The van der Waals surface area contributed by atoms with Crippen molar-refractivity contribution in [3.63, 3.8) is 0 Å². The van der Waals surface area contributed by atoms with Crippen LogP contribution < -0.4 is 0 Å². The lowest BCUT2D eigenvalue weighted by atomic mass is 9.42. The van der Waals surface area contributed by atoms with E-state index in [1.54, 1.807) is 0 Å². The minimum Gasteiger partial charge on any atom is -0.296 e. The van der Waals surface area contributed by atoms with Crippen LogP contribution in [0.4, 0.5) is 4.39 Å². The number of halogens is 1. The van der Waals surface area contributed by atoms with Crippen LogP contribution in [0, 0.1) is 40.4 Å². The molecule has 3 saturated carbocycles. The summed E-state index contributed by atoms with van der Waals surface area (Å²) >= 11 is 0. The molecule has 0 unspecified atom stereocenters. The number of ketones is 2. The lowest BCUT2D eigenvalue weighted by Crippen LogP contribution is -2.56. The Kier molecular flexibility index (Phi) is 3.53. The number of hydrogen-bond acceptors (Lipinski definition) is 2. The zero-order valence-electron chi connectivity index (χ0n) is 15.8. The quantitative estimate of drug-likeness (QED) is 0.639. The standard InChI is InChI=1S/C22H29FO2/c1-11-8-14(24)9-16-12(2)13(3)19-15(22(11,16)5)6-7-21(4)17(19)10-18(23)20(21)25/h9,11,13,15,17-19H,2,6-8,10H2,1,3-5H3/t11-,13-,15+,17+,18+,19-,21+,22-/m1/s1. The molecule has 3 fully saturated rings. The Morgan fingerprint density at radius 3 is 2.56 bits per heavy atom. The molecule has 0 aromatic heterocycles. The largest absolute Gasteiger partial charge is 0.296 e. The number of alkyl halides is 1. The molecule has 3 heteroatoms. The smallest absolute Gasteiger partial charge is 0.173 e. The molecule has 136 valence electrons.